The molecule has 60 valence electrons. The molecule has 0 unspecified atom stereocenters. The molecule has 0 aliphatic carbocycles. The van der Waals surface area contributed by atoms with Gasteiger partial charge in [0, 0.05) is 18.6 Å². The van der Waals surface area contributed by atoms with Gasteiger partial charge in [0.1, 0.15) is 7.05 Å². The van der Waals surface area contributed by atoms with Crippen molar-refractivity contribution >= 4 is 6.08 Å². The van der Waals surface area contributed by atoms with E-state index in [4.69, 9.17) is 0 Å². The Morgan fingerprint density at radius 3 is 2.55 bits per heavy atom. The molecule has 1 nitrogen and oxygen atoms in total. The monoisotopic (exact) mass is 213 g/mol. The maximum absolute atomic E-state index is 3.69. The number of aryl methyl sites for hydroxylation is 2. The number of nitrogens with zero attached hydrogens (tertiary/aromatic N) is 1. The van der Waals surface area contributed by atoms with Gasteiger partial charge in [-0.15, -0.1) is 0 Å². The second-order valence-corrected chi connectivity index (χ2v) is 2.42. The molecule has 1 rings (SSSR count). The Balaban J connectivity index is 0.000001000. The summed E-state index contributed by atoms with van der Waals surface area (Å²) in [4.78, 5) is 0. The number of halogens is 1. The number of pyridine rings is 1. The molecule has 1 heterocycles. The molecule has 0 fully saturated rings. The zero-order valence-corrected chi connectivity index (χ0v) is 8.43. The minimum absolute atomic E-state index is 0. The van der Waals surface area contributed by atoms with Crippen molar-refractivity contribution in [2.24, 2.45) is 7.05 Å². The summed E-state index contributed by atoms with van der Waals surface area (Å²) in [5.74, 6) is 0. The first-order chi connectivity index (χ1) is 4.74. The highest BCUT2D eigenvalue weighted by atomic mass is 79.9. The minimum atomic E-state index is 0. The van der Waals surface area contributed by atoms with Crippen molar-refractivity contribution in [2.75, 3.05) is 0 Å². The van der Waals surface area contributed by atoms with Gasteiger partial charge in [0.2, 0.25) is 0 Å². The fourth-order valence-electron chi connectivity index (χ4n) is 0.824. The highest BCUT2D eigenvalue weighted by Crippen LogP contribution is 1.97. The smallest absolute Gasteiger partial charge is 0.177 e. The van der Waals surface area contributed by atoms with Crippen LogP contribution in [-0.2, 0) is 7.05 Å². The third-order valence-corrected chi connectivity index (χ3v) is 1.65. The molecule has 0 atom stereocenters. The molecule has 0 amide bonds. The van der Waals surface area contributed by atoms with Gasteiger partial charge in [-0.1, -0.05) is 12.7 Å². The summed E-state index contributed by atoms with van der Waals surface area (Å²) in [5.41, 5.74) is 2.42. The average molecular weight is 214 g/mol. The predicted molar refractivity (Wildman–Crippen MR) is 42.4 cm³/mol. The van der Waals surface area contributed by atoms with Crippen LogP contribution in [0.4, 0.5) is 0 Å². The van der Waals surface area contributed by atoms with E-state index in [9.17, 15) is 0 Å². The Hall–Kier alpha value is -0.630. The van der Waals surface area contributed by atoms with Crippen LogP contribution < -0.4 is 21.5 Å². The quantitative estimate of drug-likeness (QED) is 0.499. The van der Waals surface area contributed by atoms with Gasteiger partial charge in [0.05, 0.1) is 0 Å². The van der Waals surface area contributed by atoms with E-state index in [1.807, 2.05) is 13.1 Å². The van der Waals surface area contributed by atoms with E-state index in [1.54, 1.807) is 0 Å². The van der Waals surface area contributed by atoms with Gasteiger partial charge >= 0.3 is 0 Å². The van der Waals surface area contributed by atoms with E-state index >= 15 is 0 Å². The van der Waals surface area contributed by atoms with Gasteiger partial charge in [0.25, 0.3) is 0 Å². The molecular formula is C9H12BrN. The highest BCUT2D eigenvalue weighted by Gasteiger charge is 1.97. The first-order valence-corrected chi connectivity index (χ1v) is 3.33. The van der Waals surface area contributed by atoms with E-state index < -0.39 is 0 Å². The standard InChI is InChI=1S/C9H12N.BrH/c1-4-9-6-5-8(2)10(3)7-9;/h4-7H,1H2,2-3H3;1H/q+1;/p-1. The Morgan fingerprint density at radius 2 is 2.09 bits per heavy atom. The number of rotatable bonds is 1. The van der Waals surface area contributed by atoms with E-state index in [0.29, 0.717) is 0 Å². The van der Waals surface area contributed by atoms with Crippen LogP contribution in [-0.4, -0.2) is 0 Å². The zero-order chi connectivity index (χ0) is 7.56. The minimum Gasteiger partial charge on any atom is -1.00 e. The molecule has 0 saturated carbocycles. The van der Waals surface area contributed by atoms with Crippen LogP contribution in [0, 0.1) is 6.92 Å². The van der Waals surface area contributed by atoms with Gasteiger partial charge in [-0.3, -0.25) is 0 Å². The second-order valence-electron chi connectivity index (χ2n) is 2.42. The van der Waals surface area contributed by atoms with Gasteiger partial charge in [-0.05, 0) is 6.07 Å². The van der Waals surface area contributed by atoms with Crippen molar-refractivity contribution in [1.82, 2.24) is 0 Å². The number of hydrogen-bond donors (Lipinski definition) is 0. The van der Waals surface area contributed by atoms with Crippen LogP contribution in [0.3, 0.4) is 0 Å². The van der Waals surface area contributed by atoms with Crippen LogP contribution in [0.5, 0.6) is 0 Å². The van der Waals surface area contributed by atoms with Crippen LogP contribution in [0.2, 0.25) is 0 Å². The van der Waals surface area contributed by atoms with Crippen molar-refractivity contribution in [2.45, 2.75) is 6.92 Å². The Morgan fingerprint density at radius 1 is 1.45 bits per heavy atom. The van der Waals surface area contributed by atoms with Gasteiger partial charge in [-0.25, -0.2) is 4.57 Å². The second kappa shape index (κ2) is 4.29. The molecule has 11 heavy (non-hydrogen) atoms. The van der Waals surface area contributed by atoms with E-state index in [-0.39, 0.29) is 17.0 Å². The Bertz CT molecular complexity index is 256. The van der Waals surface area contributed by atoms with Crippen LogP contribution in [0.15, 0.2) is 24.9 Å². The molecule has 0 spiro atoms. The molecule has 0 bridgehead atoms. The lowest BCUT2D eigenvalue weighted by atomic mass is 10.2. The Labute approximate surface area is 78.1 Å². The lowest BCUT2D eigenvalue weighted by molar-refractivity contribution is -0.677. The largest absolute Gasteiger partial charge is 1.00 e. The van der Waals surface area contributed by atoms with Crippen molar-refractivity contribution < 1.29 is 21.5 Å². The number of aromatic nitrogens is 1. The summed E-state index contributed by atoms with van der Waals surface area (Å²) in [5, 5.41) is 0. The van der Waals surface area contributed by atoms with Crippen molar-refractivity contribution in [3.8, 4) is 0 Å². The Kier molecular flexibility index (Phi) is 4.04. The molecule has 1 aromatic heterocycles. The molecule has 0 N–H and O–H groups in total. The van der Waals surface area contributed by atoms with Crippen molar-refractivity contribution in [3.63, 3.8) is 0 Å². The maximum Gasteiger partial charge on any atom is 0.177 e. The molecule has 0 aliphatic heterocycles. The first-order valence-electron chi connectivity index (χ1n) is 3.33. The van der Waals surface area contributed by atoms with Gasteiger partial charge < -0.3 is 17.0 Å². The van der Waals surface area contributed by atoms with Crippen LogP contribution in [0.1, 0.15) is 11.3 Å². The SMILES string of the molecule is C=Cc1ccc(C)[n+](C)c1.[Br-]. The molecule has 0 radical (unpaired) electrons. The third kappa shape index (κ3) is 2.46. The van der Waals surface area contributed by atoms with Crippen molar-refractivity contribution in [3.05, 3.63) is 36.2 Å². The molecule has 1 aromatic rings. The lowest BCUT2D eigenvalue weighted by Crippen LogP contribution is -3.00. The molecular weight excluding hydrogens is 202 g/mol. The van der Waals surface area contributed by atoms with Crippen LogP contribution >= 0.6 is 0 Å². The summed E-state index contributed by atoms with van der Waals surface area (Å²) < 4.78 is 2.08. The molecule has 0 saturated heterocycles. The van der Waals surface area contributed by atoms with Gasteiger partial charge in [0.15, 0.2) is 11.9 Å². The summed E-state index contributed by atoms with van der Waals surface area (Å²) in [6.45, 7) is 5.76. The summed E-state index contributed by atoms with van der Waals surface area (Å²) in [7, 11) is 2.03. The fourth-order valence-corrected chi connectivity index (χ4v) is 0.824. The van der Waals surface area contributed by atoms with E-state index in [2.05, 4.69) is 36.4 Å². The summed E-state index contributed by atoms with van der Waals surface area (Å²) >= 11 is 0. The zero-order valence-electron chi connectivity index (χ0n) is 6.84. The lowest BCUT2D eigenvalue weighted by Gasteiger charge is -1.93. The maximum atomic E-state index is 3.69. The topological polar surface area (TPSA) is 3.88 Å². The molecule has 0 aliphatic rings. The normalized spacial score (nSPS) is 8.55. The fraction of sp³-hybridized carbons (Fsp3) is 0.222. The third-order valence-electron chi connectivity index (χ3n) is 1.65. The van der Waals surface area contributed by atoms with Gasteiger partial charge in [-0.2, -0.15) is 0 Å². The average Bonchev–Trinajstić information content (AvgIpc) is 1.95. The van der Waals surface area contributed by atoms with Crippen LogP contribution in [0.25, 0.3) is 6.08 Å². The molecule has 2 heteroatoms. The van der Waals surface area contributed by atoms with E-state index in [1.165, 1.54) is 5.69 Å². The number of hydrogen-bond acceptors (Lipinski definition) is 0. The summed E-state index contributed by atoms with van der Waals surface area (Å²) in [6, 6.07) is 4.14. The summed E-state index contributed by atoms with van der Waals surface area (Å²) in [6.07, 6.45) is 3.90. The first kappa shape index (κ1) is 10.4. The van der Waals surface area contributed by atoms with E-state index in [0.717, 1.165) is 5.56 Å². The molecule has 0 aromatic carbocycles. The van der Waals surface area contributed by atoms with Crippen molar-refractivity contribution in [1.29, 1.82) is 0 Å². The highest BCUT2D eigenvalue weighted by molar-refractivity contribution is 5.43. The predicted octanol–water partition coefficient (Wildman–Crippen LogP) is -1.53.